The quantitative estimate of drug-likeness (QED) is 0.384. The highest BCUT2D eigenvalue weighted by molar-refractivity contribution is 7.21. The minimum atomic E-state index is -0.767. The van der Waals surface area contributed by atoms with Crippen LogP contribution in [-0.2, 0) is 0 Å². The molecule has 0 saturated heterocycles. The number of methoxy groups -OCH3 is 1. The third-order valence-corrected chi connectivity index (χ3v) is 6.31. The van der Waals surface area contributed by atoms with Gasteiger partial charge in [0, 0.05) is 22.0 Å². The highest BCUT2D eigenvalue weighted by atomic mass is 35.5. The predicted molar refractivity (Wildman–Crippen MR) is 119 cm³/mol. The molecule has 0 spiro atoms. The molecule has 4 rings (SSSR count). The van der Waals surface area contributed by atoms with Gasteiger partial charge in [0.1, 0.15) is 27.4 Å². The van der Waals surface area contributed by atoms with Crippen molar-refractivity contribution in [2.45, 2.75) is 26.1 Å². The zero-order chi connectivity index (χ0) is 21.6. The van der Waals surface area contributed by atoms with E-state index < -0.39 is 18.0 Å². The van der Waals surface area contributed by atoms with Crippen LogP contribution in [0.25, 0.3) is 31.7 Å². The fraction of sp³-hybridized carbons (Fsp3) is 0.238. The Kier molecular flexibility index (Phi) is 5.72. The van der Waals surface area contributed by atoms with Crippen LogP contribution in [0.2, 0.25) is 10.0 Å². The van der Waals surface area contributed by atoms with Crippen molar-refractivity contribution in [3.63, 3.8) is 0 Å². The molecule has 0 aliphatic carbocycles. The van der Waals surface area contributed by atoms with Crippen molar-refractivity contribution in [2.75, 3.05) is 7.11 Å². The Balaban J connectivity index is 1.87. The molecule has 2 aromatic carbocycles. The number of ether oxygens (including phenoxy) is 2. The Hall–Kier alpha value is -2.19. The first-order valence-electron chi connectivity index (χ1n) is 9.05. The van der Waals surface area contributed by atoms with E-state index in [1.165, 1.54) is 11.3 Å². The Morgan fingerprint density at radius 1 is 1.13 bits per heavy atom. The van der Waals surface area contributed by atoms with E-state index in [2.05, 4.69) is 9.97 Å². The largest absolute Gasteiger partial charge is 0.495 e. The highest BCUT2D eigenvalue weighted by Crippen LogP contribution is 2.41. The Morgan fingerprint density at radius 3 is 2.60 bits per heavy atom. The molecular formula is C21H17Cl2FN2O3S. The fourth-order valence-electron chi connectivity index (χ4n) is 2.95. The zero-order valence-corrected chi connectivity index (χ0v) is 18.6. The van der Waals surface area contributed by atoms with E-state index in [1.807, 2.05) is 6.07 Å². The lowest BCUT2D eigenvalue weighted by Gasteiger charge is -2.17. The number of pyridine rings is 1. The maximum Gasteiger partial charge on any atom is 0.185 e. The second-order valence-corrected chi connectivity index (χ2v) is 8.68. The van der Waals surface area contributed by atoms with Gasteiger partial charge in [-0.3, -0.25) is 4.98 Å². The summed E-state index contributed by atoms with van der Waals surface area (Å²) in [6, 6.07) is 6.93. The molecule has 1 N–H and O–H groups in total. The number of rotatable bonds is 5. The van der Waals surface area contributed by atoms with Crippen molar-refractivity contribution in [3.05, 3.63) is 46.3 Å². The summed E-state index contributed by atoms with van der Waals surface area (Å²) < 4.78 is 26.2. The maximum atomic E-state index is 14.7. The van der Waals surface area contributed by atoms with Crippen molar-refractivity contribution >= 4 is 55.7 Å². The predicted octanol–water partition coefficient (Wildman–Crippen LogP) is 6.11. The van der Waals surface area contributed by atoms with Crippen molar-refractivity contribution in [3.8, 4) is 22.1 Å². The number of aliphatic hydroxyl groups is 1. The van der Waals surface area contributed by atoms with Crippen LogP contribution in [-0.4, -0.2) is 34.4 Å². The number of fused-ring (bicyclic) bond motifs is 2. The molecule has 0 bridgehead atoms. The van der Waals surface area contributed by atoms with Crippen molar-refractivity contribution in [2.24, 2.45) is 0 Å². The standard InChI is InChI=1S/C21H17Cl2FN2O3S/c1-9(27)10(2)29-15-7-16-20(17(23)18(15)24)26-21(30-16)14-6-12(22)4-11-5-13(28-3)8-25-19(11)14/h4-10,27H,1-3H3. The average Bonchev–Trinajstić information content (AvgIpc) is 3.14. The molecule has 2 atom stereocenters. The molecule has 0 radical (unpaired) electrons. The molecule has 2 unspecified atom stereocenters. The number of halogens is 3. The molecule has 156 valence electrons. The first-order chi connectivity index (χ1) is 14.3. The first-order valence-corrected chi connectivity index (χ1v) is 10.6. The fourth-order valence-corrected chi connectivity index (χ4v) is 4.49. The first kappa shape index (κ1) is 21.1. The molecule has 4 aromatic rings. The third-order valence-electron chi connectivity index (χ3n) is 4.71. The summed E-state index contributed by atoms with van der Waals surface area (Å²) in [5, 5.41) is 11.4. The van der Waals surface area contributed by atoms with Gasteiger partial charge in [-0.2, -0.15) is 0 Å². The molecular weight excluding hydrogens is 450 g/mol. The number of aliphatic hydroxyl groups excluding tert-OH is 1. The Labute approximate surface area is 186 Å². The molecule has 30 heavy (non-hydrogen) atoms. The highest BCUT2D eigenvalue weighted by Gasteiger charge is 2.21. The maximum absolute atomic E-state index is 14.7. The van der Waals surface area contributed by atoms with E-state index >= 15 is 0 Å². The number of nitrogens with zero attached hydrogens (tertiary/aromatic N) is 2. The smallest absolute Gasteiger partial charge is 0.185 e. The van der Waals surface area contributed by atoms with E-state index in [1.54, 1.807) is 45.4 Å². The van der Waals surface area contributed by atoms with Crippen LogP contribution in [0.4, 0.5) is 4.39 Å². The van der Waals surface area contributed by atoms with E-state index in [9.17, 15) is 9.50 Å². The van der Waals surface area contributed by atoms with Gasteiger partial charge in [-0.25, -0.2) is 9.37 Å². The molecule has 2 heterocycles. The van der Waals surface area contributed by atoms with Crippen LogP contribution in [0.15, 0.2) is 30.5 Å². The SMILES string of the molecule is COc1cnc2c(-c3nc4c(Cl)c(F)c(OC(C)C(C)O)cc4s3)cc(Cl)cc2c1. The average molecular weight is 467 g/mol. The van der Waals surface area contributed by atoms with E-state index in [4.69, 9.17) is 32.7 Å². The topological polar surface area (TPSA) is 64.5 Å². The Morgan fingerprint density at radius 2 is 1.90 bits per heavy atom. The van der Waals surface area contributed by atoms with E-state index in [0.29, 0.717) is 37.1 Å². The van der Waals surface area contributed by atoms with Crippen LogP contribution >= 0.6 is 34.5 Å². The molecule has 9 heteroatoms. The lowest BCUT2D eigenvalue weighted by molar-refractivity contribution is 0.0580. The van der Waals surface area contributed by atoms with Gasteiger partial charge in [0.15, 0.2) is 11.6 Å². The lowest BCUT2D eigenvalue weighted by Crippen LogP contribution is -2.25. The van der Waals surface area contributed by atoms with E-state index in [-0.39, 0.29) is 10.8 Å². The van der Waals surface area contributed by atoms with Gasteiger partial charge in [0.25, 0.3) is 0 Å². The number of thiazole rings is 1. The van der Waals surface area contributed by atoms with Gasteiger partial charge in [0.2, 0.25) is 0 Å². The third kappa shape index (κ3) is 3.78. The number of benzene rings is 2. The van der Waals surface area contributed by atoms with Gasteiger partial charge in [-0.1, -0.05) is 23.2 Å². The molecule has 5 nitrogen and oxygen atoms in total. The number of hydrogen-bond donors (Lipinski definition) is 1. The minimum absolute atomic E-state index is 0.0325. The van der Waals surface area contributed by atoms with Crippen LogP contribution in [0.1, 0.15) is 13.8 Å². The molecule has 0 fully saturated rings. The van der Waals surface area contributed by atoms with Gasteiger partial charge < -0.3 is 14.6 Å². The second kappa shape index (κ2) is 8.15. The van der Waals surface area contributed by atoms with Crippen molar-refractivity contribution < 1.29 is 19.0 Å². The summed E-state index contributed by atoms with van der Waals surface area (Å²) in [5.74, 6) is -0.138. The summed E-state index contributed by atoms with van der Waals surface area (Å²) in [6.45, 7) is 3.22. The van der Waals surface area contributed by atoms with Gasteiger partial charge in [-0.15, -0.1) is 11.3 Å². The van der Waals surface area contributed by atoms with Crippen molar-refractivity contribution in [1.82, 2.24) is 9.97 Å². The van der Waals surface area contributed by atoms with Crippen LogP contribution < -0.4 is 9.47 Å². The summed E-state index contributed by atoms with van der Waals surface area (Å²) in [7, 11) is 1.57. The van der Waals surface area contributed by atoms with Crippen LogP contribution in [0.3, 0.4) is 0 Å². The molecule has 0 aliphatic rings. The lowest BCUT2D eigenvalue weighted by atomic mass is 10.1. The summed E-state index contributed by atoms with van der Waals surface area (Å²) >= 11 is 13.9. The van der Waals surface area contributed by atoms with Crippen LogP contribution in [0, 0.1) is 5.82 Å². The summed E-state index contributed by atoms with van der Waals surface area (Å²) in [4.78, 5) is 9.02. The molecule has 2 aromatic heterocycles. The molecule has 0 saturated carbocycles. The molecule has 0 amide bonds. The van der Waals surface area contributed by atoms with Crippen molar-refractivity contribution in [1.29, 1.82) is 0 Å². The monoisotopic (exact) mass is 466 g/mol. The number of hydrogen-bond acceptors (Lipinski definition) is 6. The number of aromatic nitrogens is 2. The summed E-state index contributed by atoms with van der Waals surface area (Å²) in [6.07, 6.45) is 0.247. The van der Waals surface area contributed by atoms with Crippen LogP contribution in [0.5, 0.6) is 11.5 Å². The van der Waals surface area contributed by atoms with Gasteiger partial charge in [-0.05, 0) is 32.0 Å². The van der Waals surface area contributed by atoms with Gasteiger partial charge >= 0.3 is 0 Å². The van der Waals surface area contributed by atoms with Gasteiger partial charge in [0.05, 0.1) is 29.6 Å². The zero-order valence-electron chi connectivity index (χ0n) is 16.2. The normalized spacial score (nSPS) is 13.6. The summed E-state index contributed by atoms with van der Waals surface area (Å²) in [5.41, 5.74) is 1.72. The second-order valence-electron chi connectivity index (χ2n) is 6.83. The minimum Gasteiger partial charge on any atom is -0.495 e. The van der Waals surface area contributed by atoms with E-state index in [0.717, 1.165) is 5.39 Å². The molecule has 0 aliphatic heterocycles. The Bertz CT molecular complexity index is 1260.